The molecule has 2 fully saturated rings. The van der Waals surface area contributed by atoms with E-state index in [1.54, 1.807) is 0 Å². The molecule has 1 saturated heterocycles. The molecular formula is C20H28N2O2. The Morgan fingerprint density at radius 2 is 1.71 bits per heavy atom. The van der Waals surface area contributed by atoms with Crippen LogP contribution in [-0.2, 0) is 16.0 Å². The van der Waals surface area contributed by atoms with Gasteiger partial charge in [0.1, 0.15) is 0 Å². The third-order valence-electron chi connectivity index (χ3n) is 5.48. The van der Waals surface area contributed by atoms with Gasteiger partial charge in [-0.1, -0.05) is 30.7 Å². The van der Waals surface area contributed by atoms with Gasteiger partial charge >= 0.3 is 0 Å². The van der Waals surface area contributed by atoms with E-state index in [4.69, 9.17) is 0 Å². The smallest absolute Gasteiger partial charge is 0.225 e. The highest BCUT2D eigenvalue weighted by Gasteiger charge is 2.30. The molecule has 1 aliphatic carbocycles. The predicted molar refractivity (Wildman–Crippen MR) is 94.6 cm³/mol. The summed E-state index contributed by atoms with van der Waals surface area (Å²) in [5, 5.41) is 0. The van der Waals surface area contributed by atoms with E-state index in [0.717, 1.165) is 38.8 Å². The molecule has 1 saturated carbocycles. The van der Waals surface area contributed by atoms with Gasteiger partial charge in [-0.15, -0.1) is 0 Å². The van der Waals surface area contributed by atoms with Gasteiger partial charge in [0, 0.05) is 38.5 Å². The Labute approximate surface area is 144 Å². The second-order valence-electron chi connectivity index (χ2n) is 7.11. The number of rotatable bonds is 4. The van der Waals surface area contributed by atoms with Crippen molar-refractivity contribution in [3.8, 4) is 0 Å². The SMILES string of the molecule is Cc1ccccc1CCC(=O)N1CCCN(C(=O)C2CCC2)CC1. The molecular weight excluding hydrogens is 300 g/mol. The normalized spacial score (nSPS) is 18.9. The lowest BCUT2D eigenvalue weighted by molar-refractivity contribution is -0.138. The summed E-state index contributed by atoms with van der Waals surface area (Å²) in [5.74, 6) is 0.792. The van der Waals surface area contributed by atoms with E-state index in [9.17, 15) is 9.59 Å². The molecule has 3 rings (SSSR count). The van der Waals surface area contributed by atoms with E-state index >= 15 is 0 Å². The first kappa shape index (κ1) is 17.0. The Hall–Kier alpha value is -1.84. The number of carbonyl (C=O) groups excluding carboxylic acids is 2. The average Bonchev–Trinajstić information content (AvgIpc) is 2.78. The summed E-state index contributed by atoms with van der Waals surface area (Å²) in [4.78, 5) is 28.9. The summed E-state index contributed by atoms with van der Waals surface area (Å²) in [6, 6.07) is 8.26. The summed E-state index contributed by atoms with van der Waals surface area (Å²) in [6.07, 6.45) is 5.54. The van der Waals surface area contributed by atoms with Crippen LogP contribution in [0.3, 0.4) is 0 Å². The van der Waals surface area contributed by atoms with Crippen molar-refractivity contribution in [3.63, 3.8) is 0 Å². The zero-order valence-electron chi connectivity index (χ0n) is 14.7. The summed E-state index contributed by atoms with van der Waals surface area (Å²) in [5.41, 5.74) is 2.50. The molecule has 24 heavy (non-hydrogen) atoms. The molecule has 0 N–H and O–H groups in total. The topological polar surface area (TPSA) is 40.6 Å². The van der Waals surface area contributed by atoms with E-state index in [1.807, 2.05) is 21.9 Å². The van der Waals surface area contributed by atoms with Crippen LogP contribution in [0.2, 0.25) is 0 Å². The van der Waals surface area contributed by atoms with Gasteiger partial charge in [-0.3, -0.25) is 9.59 Å². The Balaban J connectivity index is 1.49. The number of benzene rings is 1. The molecule has 1 aromatic carbocycles. The molecule has 0 aromatic heterocycles. The van der Waals surface area contributed by atoms with Gasteiger partial charge in [0.05, 0.1) is 0 Å². The van der Waals surface area contributed by atoms with Crippen LogP contribution in [-0.4, -0.2) is 47.8 Å². The van der Waals surface area contributed by atoms with Gasteiger partial charge in [0.2, 0.25) is 11.8 Å². The lowest BCUT2D eigenvalue weighted by Crippen LogP contribution is -2.41. The van der Waals surface area contributed by atoms with Crippen molar-refractivity contribution in [1.29, 1.82) is 0 Å². The lowest BCUT2D eigenvalue weighted by atomic mass is 9.84. The predicted octanol–water partition coefficient (Wildman–Crippen LogP) is 2.79. The maximum absolute atomic E-state index is 12.5. The van der Waals surface area contributed by atoms with Crippen LogP contribution >= 0.6 is 0 Å². The Bertz CT molecular complexity index is 595. The first-order valence-electron chi connectivity index (χ1n) is 9.26. The van der Waals surface area contributed by atoms with Crippen LogP contribution in [0.15, 0.2) is 24.3 Å². The molecule has 2 aliphatic rings. The average molecular weight is 328 g/mol. The molecule has 4 heteroatoms. The van der Waals surface area contributed by atoms with Gasteiger partial charge in [0.15, 0.2) is 0 Å². The second-order valence-corrected chi connectivity index (χ2v) is 7.11. The number of nitrogens with zero attached hydrogens (tertiary/aromatic N) is 2. The first-order chi connectivity index (χ1) is 11.6. The van der Waals surface area contributed by atoms with Crippen LogP contribution < -0.4 is 0 Å². The molecule has 0 bridgehead atoms. The lowest BCUT2D eigenvalue weighted by Gasteiger charge is -2.31. The minimum absolute atomic E-state index is 0.219. The molecule has 4 nitrogen and oxygen atoms in total. The molecule has 1 aliphatic heterocycles. The van der Waals surface area contributed by atoms with Gasteiger partial charge < -0.3 is 9.80 Å². The third kappa shape index (κ3) is 3.97. The van der Waals surface area contributed by atoms with E-state index in [0.29, 0.717) is 25.4 Å². The molecule has 0 unspecified atom stereocenters. The van der Waals surface area contributed by atoms with Crippen LogP contribution in [0, 0.1) is 12.8 Å². The third-order valence-corrected chi connectivity index (χ3v) is 5.48. The van der Waals surface area contributed by atoms with Crippen LogP contribution in [0.25, 0.3) is 0 Å². The van der Waals surface area contributed by atoms with Gasteiger partial charge in [-0.25, -0.2) is 0 Å². The fraction of sp³-hybridized carbons (Fsp3) is 0.600. The van der Waals surface area contributed by atoms with Crippen molar-refractivity contribution in [2.24, 2.45) is 5.92 Å². The van der Waals surface area contributed by atoms with E-state index in [-0.39, 0.29) is 11.8 Å². The Morgan fingerprint density at radius 1 is 1.00 bits per heavy atom. The molecule has 1 aromatic rings. The summed E-state index contributed by atoms with van der Waals surface area (Å²) >= 11 is 0. The fourth-order valence-corrected chi connectivity index (χ4v) is 3.59. The first-order valence-corrected chi connectivity index (χ1v) is 9.26. The molecule has 0 atom stereocenters. The molecule has 0 spiro atoms. The zero-order chi connectivity index (χ0) is 16.9. The van der Waals surface area contributed by atoms with Crippen molar-refractivity contribution in [1.82, 2.24) is 9.80 Å². The number of hydrogen-bond donors (Lipinski definition) is 0. The maximum Gasteiger partial charge on any atom is 0.225 e. The van der Waals surface area contributed by atoms with E-state index < -0.39 is 0 Å². The van der Waals surface area contributed by atoms with E-state index in [2.05, 4.69) is 19.1 Å². The second kappa shape index (κ2) is 7.82. The van der Waals surface area contributed by atoms with Crippen molar-refractivity contribution in [2.45, 2.75) is 45.4 Å². The zero-order valence-corrected chi connectivity index (χ0v) is 14.7. The molecule has 0 radical (unpaired) electrons. The largest absolute Gasteiger partial charge is 0.341 e. The van der Waals surface area contributed by atoms with Crippen LogP contribution in [0.1, 0.15) is 43.2 Å². The van der Waals surface area contributed by atoms with Gasteiger partial charge in [0.25, 0.3) is 0 Å². The molecule has 130 valence electrons. The highest BCUT2D eigenvalue weighted by molar-refractivity contribution is 5.80. The standard InChI is InChI=1S/C20H28N2O2/c1-16-6-2-3-7-17(16)10-11-19(23)21-12-5-13-22(15-14-21)20(24)18-8-4-9-18/h2-3,6-7,18H,4-5,8-15H2,1H3. The number of carbonyl (C=O) groups is 2. The Morgan fingerprint density at radius 3 is 2.42 bits per heavy atom. The summed E-state index contributed by atoms with van der Waals surface area (Å²) in [7, 11) is 0. The van der Waals surface area contributed by atoms with Gasteiger partial charge in [-0.2, -0.15) is 0 Å². The van der Waals surface area contributed by atoms with Crippen molar-refractivity contribution in [3.05, 3.63) is 35.4 Å². The summed E-state index contributed by atoms with van der Waals surface area (Å²) in [6.45, 7) is 5.06. The van der Waals surface area contributed by atoms with Crippen molar-refractivity contribution >= 4 is 11.8 Å². The quantitative estimate of drug-likeness (QED) is 0.853. The number of hydrogen-bond acceptors (Lipinski definition) is 2. The van der Waals surface area contributed by atoms with Crippen molar-refractivity contribution in [2.75, 3.05) is 26.2 Å². The Kier molecular flexibility index (Phi) is 5.54. The van der Waals surface area contributed by atoms with Crippen LogP contribution in [0.5, 0.6) is 0 Å². The minimum Gasteiger partial charge on any atom is -0.341 e. The highest BCUT2D eigenvalue weighted by Crippen LogP contribution is 2.28. The fourth-order valence-electron chi connectivity index (χ4n) is 3.59. The van der Waals surface area contributed by atoms with Crippen LogP contribution in [0.4, 0.5) is 0 Å². The van der Waals surface area contributed by atoms with Crippen molar-refractivity contribution < 1.29 is 9.59 Å². The highest BCUT2D eigenvalue weighted by atomic mass is 16.2. The molecule has 2 amide bonds. The summed E-state index contributed by atoms with van der Waals surface area (Å²) < 4.78 is 0. The van der Waals surface area contributed by atoms with Gasteiger partial charge in [-0.05, 0) is 43.7 Å². The maximum atomic E-state index is 12.5. The number of aryl methyl sites for hydroxylation is 2. The molecule has 1 heterocycles. The van der Waals surface area contributed by atoms with E-state index in [1.165, 1.54) is 17.5 Å². The number of amides is 2. The minimum atomic E-state index is 0.219. The monoisotopic (exact) mass is 328 g/mol.